The van der Waals surface area contributed by atoms with Crippen molar-refractivity contribution in [1.82, 2.24) is 0 Å². The molecule has 0 radical (unpaired) electrons. The van der Waals surface area contributed by atoms with Crippen LogP contribution in [0.2, 0.25) is 0 Å². The van der Waals surface area contributed by atoms with E-state index in [0.29, 0.717) is 0 Å². The maximum Gasteiger partial charge on any atom is 0.0988 e. The molecule has 2 heterocycles. The fourth-order valence-corrected chi connectivity index (χ4v) is 2.27. The molecule has 1 fully saturated rings. The summed E-state index contributed by atoms with van der Waals surface area (Å²) in [5, 5.41) is 0. The van der Waals surface area contributed by atoms with Crippen molar-refractivity contribution >= 4 is 0 Å². The van der Waals surface area contributed by atoms with Gasteiger partial charge in [0, 0.05) is 6.04 Å². The van der Waals surface area contributed by atoms with Crippen LogP contribution in [-0.2, 0) is 4.74 Å². The van der Waals surface area contributed by atoms with Crippen molar-refractivity contribution in [2.24, 2.45) is 5.73 Å². The van der Waals surface area contributed by atoms with Gasteiger partial charge < -0.3 is 10.5 Å². The highest BCUT2D eigenvalue weighted by molar-refractivity contribution is 5.38. The van der Waals surface area contributed by atoms with Crippen LogP contribution in [0.1, 0.15) is 29.8 Å². The Morgan fingerprint density at radius 3 is 2.83 bits per heavy atom. The lowest BCUT2D eigenvalue weighted by atomic mass is 9.89. The third-order valence-corrected chi connectivity index (χ3v) is 2.84. The Kier molecular flexibility index (Phi) is 1.15. The highest BCUT2D eigenvalue weighted by Crippen LogP contribution is 2.49. The molecule has 2 aliphatic rings. The number of fused-ring (bicyclic) bond motifs is 5. The highest BCUT2D eigenvalue weighted by Gasteiger charge is 2.42. The summed E-state index contributed by atoms with van der Waals surface area (Å²) < 4.78 is 5.73. The van der Waals surface area contributed by atoms with E-state index < -0.39 is 0 Å². The molecule has 2 nitrogen and oxygen atoms in total. The molecule has 1 unspecified atom stereocenters. The molecule has 3 atom stereocenters. The molecule has 2 bridgehead atoms. The molecule has 2 aliphatic heterocycles. The quantitative estimate of drug-likeness (QED) is 0.626. The highest BCUT2D eigenvalue weighted by atomic mass is 16.5. The standard InChI is InChI=1S/C10H11NO/c11-8-5-9-6-3-1-2-4-7(6)10(8)12-9/h1-4,8-10H,5,11H2/t8-,9?,10-/m1/s1. The van der Waals surface area contributed by atoms with Crippen LogP contribution in [-0.4, -0.2) is 6.04 Å². The van der Waals surface area contributed by atoms with Crippen LogP contribution in [0.5, 0.6) is 0 Å². The second-order valence-corrected chi connectivity index (χ2v) is 3.57. The molecule has 1 aromatic carbocycles. The van der Waals surface area contributed by atoms with E-state index >= 15 is 0 Å². The molecule has 12 heavy (non-hydrogen) atoms. The first-order valence-corrected chi connectivity index (χ1v) is 4.36. The summed E-state index contributed by atoms with van der Waals surface area (Å²) in [6.07, 6.45) is 1.44. The maximum absolute atomic E-state index is 5.91. The van der Waals surface area contributed by atoms with E-state index in [-0.39, 0.29) is 18.2 Å². The smallest absolute Gasteiger partial charge is 0.0988 e. The molecule has 2 heteroatoms. The van der Waals surface area contributed by atoms with Crippen LogP contribution >= 0.6 is 0 Å². The van der Waals surface area contributed by atoms with Gasteiger partial charge in [0.15, 0.2) is 0 Å². The number of nitrogens with two attached hydrogens (primary N) is 1. The Labute approximate surface area is 71.3 Å². The molecular weight excluding hydrogens is 150 g/mol. The lowest BCUT2D eigenvalue weighted by molar-refractivity contribution is 0.0679. The van der Waals surface area contributed by atoms with Gasteiger partial charge in [-0.05, 0) is 17.5 Å². The van der Waals surface area contributed by atoms with Crippen molar-refractivity contribution in [2.45, 2.75) is 24.7 Å². The Morgan fingerprint density at radius 1 is 1.25 bits per heavy atom. The number of ether oxygens (including phenoxy) is 1. The van der Waals surface area contributed by atoms with Crippen molar-refractivity contribution in [3.05, 3.63) is 35.4 Å². The van der Waals surface area contributed by atoms with Gasteiger partial charge in [-0.1, -0.05) is 24.3 Å². The first kappa shape index (κ1) is 6.63. The topological polar surface area (TPSA) is 35.2 Å². The third-order valence-electron chi connectivity index (χ3n) is 2.84. The van der Waals surface area contributed by atoms with Crippen LogP contribution in [0.4, 0.5) is 0 Å². The van der Waals surface area contributed by atoms with E-state index in [1.165, 1.54) is 11.1 Å². The van der Waals surface area contributed by atoms with Crippen molar-refractivity contribution in [3.63, 3.8) is 0 Å². The number of hydrogen-bond donors (Lipinski definition) is 1. The molecular formula is C10H11NO. The molecule has 0 aromatic heterocycles. The van der Waals surface area contributed by atoms with Crippen LogP contribution in [0.25, 0.3) is 0 Å². The molecule has 1 saturated heterocycles. The van der Waals surface area contributed by atoms with E-state index in [1.54, 1.807) is 0 Å². The van der Waals surface area contributed by atoms with Crippen molar-refractivity contribution in [2.75, 3.05) is 0 Å². The molecule has 62 valence electrons. The average molecular weight is 161 g/mol. The minimum Gasteiger partial charge on any atom is -0.364 e. The van der Waals surface area contributed by atoms with Gasteiger partial charge in [-0.3, -0.25) is 0 Å². The molecule has 0 amide bonds. The van der Waals surface area contributed by atoms with Gasteiger partial charge in [-0.15, -0.1) is 0 Å². The summed E-state index contributed by atoms with van der Waals surface area (Å²) in [6.45, 7) is 0. The van der Waals surface area contributed by atoms with Gasteiger partial charge >= 0.3 is 0 Å². The SMILES string of the molecule is N[C@@H]1CC2O[C@@H]1c1ccccc12. The first-order chi connectivity index (χ1) is 5.86. The second-order valence-electron chi connectivity index (χ2n) is 3.57. The van der Waals surface area contributed by atoms with Gasteiger partial charge in [0.1, 0.15) is 0 Å². The van der Waals surface area contributed by atoms with Crippen molar-refractivity contribution in [1.29, 1.82) is 0 Å². The van der Waals surface area contributed by atoms with E-state index in [2.05, 4.69) is 24.3 Å². The zero-order valence-electron chi connectivity index (χ0n) is 6.73. The van der Waals surface area contributed by atoms with E-state index in [4.69, 9.17) is 10.5 Å². The normalized spacial score (nSPS) is 36.9. The summed E-state index contributed by atoms with van der Waals surface area (Å²) >= 11 is 0. The molecule has 0 aliphatic carbocycles. The lowest BCUT2D eigenvalue weighted by Crippen LogP contribution is -2.25. The van der Waals surface area contributed by atoms with Crippen LogP contribution < -0.4 is 5.73 Å². The van der Waals surface area contributed by atoms with Gasteiger partial charge in [-0.2, -0.15) is 0 Å². The van der Waals surface area contributed by atoms with E-state index in [1.807, 2.05) is 0 Å². The molecule has 1 aromatic rings. The number of hydrogen-bond acceptors (Lipinski definition) is 2. The predicted octanol–water partition coefficient (Wildman–Crippen LogP) is 1.53. The molecule has 0 saturated carbocycles. The molecule has 0 spiro atoms. The molecule has 3 rings (SSSR count). The first-order valence-electron chi connectivity index (χ1n) is 4.36. The zero-order chi connectivity index (χ0) is 8.13. The Bertz CT molecular complexity index is 323. The predicted molar refractivity (Wildman–Crippen MR) is 45.6 cm³/mol. The Hall–Kier alpha value is -0.860. The molecule has 2 N–H and O–H groups in total. The second kappa shape index (κ2) is 2.09. The van der Waals surface area contributed by atoms with Crippen LogP contribution in [0, 0.1) is 0 Å². The van der Waals surface area contributed by atoms with Gasteiger partial charge in [0.05, 0.1) is 12.2 Å². The average Bonchev–Trinajstić information content (AvgIpc) is 2.62. The summed E-state index contributed by atoms with van der Waals surface area (Å²) in [6, 6.07) is 8.60. The Morgan fingerprint density at radius 2 is 2.00 bits per heavy atom. The largest absolute Gasteiger partial charge is 0.364 e. The van der Waals surface area contributed by atoms with Crippen molar-refractivity contribution in [3.8, 4) is 0 Å². The minimum absolute atomic E-state index is 0.172. The van der Waals surface area contributed by atoms with Gasteiger partial charge in [0.25, 0.3) is 0 Å². The van der Waals surface area contributed by atoms with E-state index in [9.17, 15) is 0 Å². The van der Waals surface area contributed by atoms with Crippen LogP contribution in [0.15, 0.2) is 24.3 Å². The number of rotatable bonds is 0. The fourth-order valence-electron chi connectivity index (χ4n) is 2.27. The summed E-state index contributed by atoms with van der Waals surface area (Å²) in [5.74, 6) is 0. The zero-order valence-corrected chi connectivity index (χ0v) is 6.73. The van der Waals surface area contributed by atoms with Crippen LogP contribution in [0.3, 0.4) is 0 Å². The lowest BCUT2D eigenvalue weighted by Gasteiger charge is -2.16. The van der Waals surface area contributed by atoms with E-state index in [0.717, 1.165) is 6.42 Å². The summed E-state index contributed by atoms with van der Waals surface area (Å²) in [4.78, 5) is 0. The fraction of sp³-hybridized carbons (Fsp3) is 0.400. The van der Waals surface area contributed by atoms with Gasteiger partial charge in [-0.25, -0.2) is 0 Å². The third kappa shape index (κ3) is 0.667. The maximum atomic E-state index is 5.91. The van der Waals surface area contributed by atoms with Gasteiger partial charge in [0.2, 0.25) is 0 Å². The summed E-state index contributed by atoms with van der Waals surface area (Å²) in [7, 11) is 0. The van der Waals surface area contributed by atoms with Crippen molar-refractivity contribution < 1.29 is 4.74 Å². The minimum atomic E-state index is 0.172. The summed E-state index contributed by atoms with van der Waals surface area (Å²) in [5.41, 5.74) is 8.57. The monoisotopic (exact) mass is 161 g/mol. The number of benzene rings is 1. The Balaban J connectivity index is 2.17.